The van der Waals surface area contributed by atoms with Crippen LogP contribution in [0.4, 0.5) is 9.59 Å². The zero-order valence-electron chi connectivity index (χ0n) is 8.86. The number of amides is 3. The largest absolute Gasteiger partial charge is 0.449 e. The lowest BCUT2D eigenvalue weighted by Crippen LogP contribution is -2.47. The van der Waals surface area contributed by atoms with Gasteiger partial charge in [0.25, 0.3) is 0 Å². The number of carbonyl (C=O) groups excluding carboxylic acids is 2. The smallest absolute Gasteiger partial charge is 0.418 e. The summed E-state index contributed by atoms with van der Waals surface area (Å²) in [5, 5.41) is 2.71. The van der Waals surface area contributed by atoms with Crippen LogP contribution in [0.15, 0.2) is 0 Å². The van der Waals surface area contributed by atoms with Gasteiger partial charge in [0.2, 0.25) is 0 Å². The summed E-state index contributed by atoms with van der Waals surface area (Å²) in [5.41, 5.74) is 5.32. The van der Waals surface area contributed by atoms with Gasteiger partial charge in [-0.05, 0) is 19.8 Å². The first-order valence-electron chi connectivity index (χ1n) is 5.14. The molecule has 3 amide bonds. The molecule has 3 N–H and O–H groups in total. The zero-order chi connectivity index (χ0) is 11.3. The van der Waals surface area contributed by atoms with E-state index in [4.69, 9.17) is 10.5 Å². The maximum absolute atomic E-state index is 11.6. The summed E-state index contributed by atoms with van der Waals surface area (Å²) in [4.78, 5) is 23.9. The molecular formula is C9H17N3O3. The summed E-state index contributed by atoms with van der Waals surface area (Å²) in [6.07, 6.45) is 1.32. The van der Waals surface area contributed by atoms with E-state index in [2.05, 4.69) is 5.32 Å². The second kappa shape index (κ2) is 5.55. The van der Waals surface area contributed by atoms with E-state index in [9.17, 15) is 9.59 Å². The molecule has 0 bridgehead atoms. The highest BCUT2D eigenvalue weighted by Crippen LogP contribution is 2.18. The summed E-state index contributed by atoms with van der Waals surface area (Å²) < 4.78 is 4.75. The molecule has 0 radical (unpaired) electrons. The van der Waals surface area contributed by atoms with E-state index in [1.165, 1.54) is 0 Å². The summed E-state index contributed by atoms with van der Waals surface area (Å²) in [5.74, 6) is 0. The lowest BCUT2D eigenvalue weighted by Gasteiger charge is -2.19. The van der Waals surface area contributed by atoms with Gasteiger partial charge in [-0.15, -0.1) is 0 Å². The third-order valence-corrected chi connectivity index (χ3v) is 1.99. The molecule has 1 aliphatic carbocycles. The standard InChI is InChI=1S/C9H17N3O3/c1-2-15-9(14)12(6-5-10)8(13)11-7-3-4-7/h7H,2-6,10H2,1H3,(H,11,13). The monoisotopic (exact) mass is 215 g/mol. The van der Waals surface area contributed by atoms with Gasteiger partial charge in [0.05, 0.1) is 6.61 Å². The van der Waals surface area contributed by atoms with Crippen LogP contribution >= 0.6 is 0 Å². The SMILES string of the molecule is CCOC(=O)N(CCN)C(=O)NC1CC1. The highest BCUT2D eigenvalue weighted by Gasteiger charge is 2.28. The molecule has 6 heteroatoms. The van der Waals surface area contributed by atoms with E-state index in [-0.39, 0.29) is 25.7 Å². The third kappa shape index (κ3) is 3.75. The average molecular weight is 215 g/mol. The van der Waals surface area contributed by atoms with Gasteiger partial charge in [-0.3, -0.25) is 0 Å². The Morgan fingerprint density at radius 1 is 1.53 bits per heavy atom. The molecule has 86 valence electrons. The van der Waals surface area contributed by atoms with Crippen molar-refractivity contribution in [3.63, 3.8) is 0 Å². The molecule has 0 spiro atoms. The molecule has 1 saturated carbocycles. The van der Waals surface area contributed by atoms with Gasteiger partial charge < -0.3 is 15.8 Å². The van der Waals surface area contributed by atoms with Crippen molar-refractivity contribution < 1.29 is 14.3 Å². The van der Waals surface area contributed by atoms with Crippen LogP contribution in [-0.4, -0.2) is 42.8 Å². The van der Waals surface area contributed by atoms with Crippen molar-refractivity contribution in [2.24, 2.45) is 5.73 Å². The van der Waals surface area contributed by atoms with E-state index < -0.39 is 12.1 Å². The third-order valence-electron chi connectivity index (χ3n) is 1.99. The number of nitrogens with zero attached hydrogens (tertiary/aromatic N) is 1. The van der Waals surface area contributed by atoms with Crippen molar-refractivity contribution in [1.29, 1.82) is 0 Å². The van der Waals surface area contributed by atoms with Gasteiger partial charge >= 0.3 is 12.1 Å². The predicted molar refractivity (Wildman–Crippen MR) is 54.3 cm³/mol. The zero-order valence-corrected chi connectivity index (χ0v) is 8.86. The minimum Gasteiger partial charge on any atom is -0.449 e. The lowest BCUT2D eigenvalue weighted by atomic mass is 10.5. The molecule has 1 fully saturated rings. The van der Waals surface area contributed by atoms with Crippen molar-refractivity contribution in [1.82, 2.24) is 10.2 Å². The quantitative estimate of drug-likeness (QED) is 0.705. The Kier molecular flexibility index (Phi) is 4.36. The second-order valence-electron chi connectivity index (χ2n) is 3.36. The molecular weight excluding hydrogens is 198 g/mol. The summed E-state index contributed by atoms with van der Waals surface area (Å²) in [7, 11) is 0. The number of carbonyl (C=O) groups is 2. The maximum Gasteiger partial charge on any atom is 0.418 e. The fourth-order valence-corrected chi connectivity index (χ4v) is 1.09. The van der Waals surface area contributed by atoms with E-state index in [0.29, 0.717) is 0 Å². The molecule has 15 heavy (non-hydrogen) atoms. The summed E-state index contributed by atoms with van der Waals surface area (Å²) in [6.45, 7) is 2.35. The number of ether oxygens (including phenoxy) is 1. The van der Waals surface area contributed by atoms with Crippen molar-refractivity contribution in [3.05, 3.63) is 0 Å². The van der Waals surface area contributed by atoms with Crippen LogP contribution in [0.2, 0.25) is 0 Å². The summed E-state index contributed by atoms with van der Waals surface area (Å²) in [6, 6.07) is -0.200. The molecule has 0 saturated heterocycles. The fourth-order valence-electron chi connectivity index (χ4n) is 1.09. The van der Waals surface area contributed by atoms with Crippen molar-refractivity contribution >= 4 is 12.1 Å². The van der Waals surface area contributed by atoms with Gasteiger partial charge in [-0.1, -0.05) is 0 Å². The highest BCUT2D eigenvalue weighted by atomic mass is 16.6. The molecule has 1 aliphatic rings. The predicted octanol–water partition coefficient (Wildman–Crippen LogP) is 0.276. The first kappa shape index (κ1) is 11.8. The van der Waals surface area contributed by atoms with Gasteiger partial charge in [-0.25, -0.2) is 14.5 Å². The van der Waals surface area contributed by atoms with Gasteiger partial charge in [-0.2, -0.15) is 0 Å². The minimum absolute atomic E-state index is 0.178. The number of hydrogen-bond donors (Lipinski definition) is 2. The first-order chi connectivity index (χ1) is 7.19. The number of imide groups is 1. The Hall–Kier alpha value is -1.30. The van der Waals surface area contributed by atoms with Crippen LogP contribution in [0, 0.1) is 0 Å². The Morgan fingerprint density at radius 2 is 2.20 bits per heavy atom. The number of hydrogen-bond acceptors (Lipinski definition) is 4. The molecule has 6 nitrogen and oxygen atoms in total. The van der Waals surface area contributed by atoms with E-state index in [0.717, 1.165) is 17.7 Å². The summed E-state index contributed by atoms with van der Waals surface area (Å²) >= 11 is 0. The molecule has 1 rings (SSSR count). The second-order valence-corrected chi connectivity index (χ2v) is 3.36. The normalized spacial score (nSPS) is 14.5. The van der Waals surface area contributed by atoms with E-state index in [1.54, 1.807) is 6.92 Å². The van der Waals surface area contributed by atoms with Crippen LogP contribution in [0.5, 0.6) is 0 Å². The topological polar surface area (TPSA) is 84.7 Å². The molecule has 0 aromatic heterocycles. The first-order valence-corrected chi connectivity index (χ1v) is 5.14. The number of rotatable bonds is 4. The molecule has 0 heterocycles. The molecule has 0 atom stereocenters. The Bertz CT molecular complexity index is 241. The number of nitrogens with one attached hydrogen (secondary N) is 1. The van der Waals surface area contributed by atoms with Gasteiger partial charge in [0.1, 0.15) is 0 Å². The molecule has 0 aromatic rings. The highest BCUT2D eigenvalue weighted by molar-refractivity contribution is 5.91. The number of nitrogens with two attached hydrogens (primary N) is 1. The average Bonchev–Trinajstić information content (AvgIpc) is 2.98. The van der Waals surface area contributed by atoms with E-state index in [1.807, 2.05) is 0 Å². The Morgan fingerprint density at radius 3 is 2.67 bits per heavy atom. The van der Waals surface area contributed by atoms with Crippen LogP contribution in [0.25, 0.3) is 0 Å². The van der Waals surface area contributed by atoms with Crippen LogP contribution in [0.1, 0.15) is 19.8 Å². The van der Waals surface area contributed by atoms with Gasteiger partial charge in [0.15, 0.2) is 0 Å². The Labute approximate surface area is 88.7 Å². The van der Waals surface area contributed by atoms with E-state index >= 15 is 0 Å². The molecule has 0 unspecified atom stereocenters. The van der Waals surface area contributed by atoms with Gasteiger partial charge in [0, 0.05) is 19.1 Å². The Balaban J connectivity index is 2.46. The minimum atomic E-state index is -0.638. The molecule has 0 aliphatic heterocycles. The van der Waals surface area contributed by atoms with Crippen molar-refractivity contribution in [2.75, 3.05) is 19.7 Å². The van der Waals surface area contributed by atoms with Crippen LogP contribution in [0.3, 0.4) is 0 Å². The van der Waals surface area contributed by atoms with Crippen molar-refractivity contribution in [3.8, 4) is 0 Å². The van der Waals surface area contributed by atoms with Crippen LogP contribution < -0.4 is 11.1 Å². The van der Waals surface area contributed by atoms with Crippen molar-refractivity contribution in [2.45, 2.75) is 25.8 Å². The maximum atomic E-state index is 11.6. The number of urea groups is 1. The molecule has 0 aromatic carbocycles. The fraction of sp³-hybridized carbons (Fsp3) is 0.778. The van der Waals surface area contributed by atoms with Crippen LogP contribution in [-0.2, 0) is 4.74 Å². The lowest BCUT2D eigenvalue weighted by molar-refractivity contribution is 0.115.